The first-order chi connectivity index (χ1) is 14.8. The third-order valence-corrected chi connectivity index (χ3v) is 8.16. The van der Waals surface area contributed by atoms with Crippen LogP contribution in [0.15, 0.2) is 41.6 Å². The van der Waals surface area contributed by atoms with Gasteiger partial charge in [-0.15, -0.1) is 0 Å². The van der Waals surface area contributed by atoms with Crippen LogP contribution in [0.1, 0.15) is 38.3 Å². The minimum Gasteiger partial charge on any atom is -0.345 e. The Morgan fingerprint density at radius 2 is 2.00 bits per heavy atom. The Morgan fingerprint density at radius 3 is 2.80 bits per heavy atom. The molecule has 0 saturated heterocycles. The third kappa shape index (κ3) is 3.05. The van der Waals surface area contributed by atoms with E-state index in [9.17, 15) is 0 Å². The van der Waals surface area contributed by atoms with Gasteiger partial charge in [-0.2, -0.15) is 11.3 Å². The fourth-order valence-electron chi connectivity index (χ4n) is 5.80. The van der Waals surface area contributed by atoms with E-state index >= 15 is 0 Å². The van der Waals surface area contributed by atoms with Gasteiger partial charge in [0, 0.05) is 40.0 Å². The molecule has 5 nitrogen and oxygen atoms in total. The van der Waals surface area contributed by atoms with Crippen molar-refractivity contribution in [2.75, 3.05) is 0 Å². The number of aromatic amines is 1. The highest BCUT2D eigenvalue weighted by atomic mass is 32.1. The van der Waals surface area contributed by atoms with Gasteiger partial charge in [-0.1, -0.05) is 6.92 Å². The third-order valence-electron chi connectivity index (χ3n) is 7.48. The average molecular weight is 416 g/mol. The van der Waals surface area contributed by atoms with Crippen molar-refractivity contribution < 1.29 is 0 Å². The lowest BCUT2D eigenvalue weighted by Crippen LogP contribution is -2.39. The lowest BCUT2D eigenvalue weighted by atomic mass is 9.58. The number of fused-ring (bicyclic) bond motifs is 4. The molecule has 3 aliphatic carbocycles. The van der Waals surface area contributed by atoms with Crippen molar-refractivity contribution in [1.82, 2.24) is 24.9 Å². The van der Waals surface area contributed by atoms with Gasteiger partial charge in [-0.25, -0.2) is 19.9 Å². The second kappa shape index (κ2) is 7.27. The molecule has 4 aromatic heterocycles. The number of hydrogen-bond acceptors (Lipinski definition) is 5. The molecule has 6 heteroatoms. The van der Waals surface area contributed by atoms with Crippen molar-refractivity contribution in [1.29, 1.82) is 0 Å². The predicted octanol–water partition coefficient (Wildman–Crippen LogP) is 5.76. The smallest absolute Gasteiger partial charge is 0.162 e. The Bertz CT molecular complexity index is 1170. The maximum absolute atomic E-state index is 5.06. The van der Waals surface area contributed by atoms with E-state index in [0.717, 1.165) is 63.9 Å². The zero-order valence-corrected chi connectivity index (χ0v) is 17.9. The van der Waals surface area contributed by atoms with E-state index in [1.165, 1.54) is 31.2 Å². The maximum atomic E-state index is 5.06. The highest BCUT2D eigenvalue weighted by Crippen LogP contribution is 2.49. The zero-order valence-electron chi connectivity index (χ0n) is 17.1. The zero-order chi connectivity index (χ0) is 20.1. The SMILES string of the molecule is CC1C2CCC(CC2)C1Cc1cc(-c2ccsc2)nc(-c2c[nH]c3ncncc23)n1. The van der Waals surface area contributed by atoms with Gasteiger partial charge in [0.15, 0.2) is 5.82 Å². The first kappa shape index (κ1) is 18.2. The van der Waals surface area contributed by atoms with E-state index < -0.39 is 0 Å². The van der Waals surface area contributed by atoms with Crippen LogP contribution in [0.2, 0.25) is 0 Å². The van der Waals surface area contributed by atoms with Gasteiger partial charge in [0.05, 0.1) is 5.69 Å². The molecule has 0 amide bonds. The summed E-state index contributed by atoms with van der Waals surface area (Å²) in [6, 6.07) is 4.36. The number of aromatic nitrogens is 5. The predicted molar refractivity (Wildman–Crippen MR) is 120 cm³/mol. The van der Waals surface area contributed by atoms with Gasteiger partial charge in [0.1, 0.15) is 12.0 Å². The summed E-state index contributed by atoms with van der Waals surface area (Å²) in [5, 5.41) is 5.24. The quantitative estimate of drug-likeness (QED) is 0.460. The minimum atomic E-state index is 0.738. The van der Waals surface area contributed by atoms with Crippen LogP contribution in [0.3, 0.4) is 0 Å². The van der Waals surface area contributed by atoms with E-state index in [0.29, 0.717) is 0 Å². The van der Waals surface area contributed by atoms with Gasteiger partial charge in [-0.05, 0) is 73.3 Å². The summed E-state index contributed by atoms with van der Waals surface area (Å²) < 4.78 is 0. The van der Waals surface area contributed by atoms with E-state index in [2.05, 4.69) is 44.8 Å². The van der Waals surface area contributed by atoms with Crippen LogP contribution in [0.4, 0.5) is 0 Å². The van der Waals surface area contributed by atoms with Crippen molar-refractivity contribution in [2.45, 2.75) is 39.0 Å². The molecule has 4 aromatic rings. The fourth-order valence-corrected chi connectivity index (χ4v) is 6.45. The molecule has 0 aromatic carbocycles. The molecule has 0 radical (unpaired) electrons. The summed E-state index contributed by atoms with van der Waals surface area (Å²) in [4.78, 5) is 21.8. The number of nitrogens with zero attached hydrogens (tertiary/aromatic N) is 4. The molecule has 3 aliphatic rings. The van der Waals surface area contributed by atoms with Gasteiger partial charge >= 0.3 is 0 Å². The Kier molecular flexibility index (Phi) is 4.41. The van der Waals surface area contributed by atoms with Crippen LogP contribution < -0.4 is 0 Å². The number of thiophene rings is 1. The molecule has 4 heterocycles. The van der Waals surface area contributed by atoms with Crippen LogP contribution in [-0.2, 0) is 6.42 Å². The normalized spacial score (nSPS) is 25.8. The lowest BCUT2D eigenvalue weighted by Gasteiger charge is -2.47. The lowest BCUT2D eigenvalue weighted by molar-refractivity contribution is 0.0339. The molecule has 3 saturated carbocycles. The number of nitrogens with one attached hydrogen (secondary N) is 1. The van der Waals surface area contributed by atoms with Crippen LogP contribution in [0.5, 0.6) is 0 Å². The fraction of sp³-hybridized carbons (Fsp3) is 0.417. The van der Waals surface area contributed by atoms with Gasteiger partial charge in [-0.3, -0.25) is 0 Å². The number of hydrogen-bond donors (Lipinski definition) is 1. The Hall–Kier alpha value is -2.60. The summed E-state index contributed by atoms with van der Waals surface area (Å²) in [5.74, 6) is 4.06. The Balaban J connectivity index is 1.43. The van der Waals surface area contributed by atoms with Crippen molar-refractivity contribution in [3.05, 3.63) is 47.3 Å². The topological polar surface area (TPSA) is 67.3 Å². The molecular weight excluding hydrogens is 390 g/mol. The molecule has 3 fully saturated rings. The monoisotopic (exact) mass is 415 g/mol. The standard InChI is InChI=1S/C24H25N5S/c1-14-15-2-4-16(5-3-15)19(14)8-18-9-22(17-6-7-30-12-17)29-24(28-18)21-11-26-23-20(21)10-25-13-27-23/h6-7,9-16,19H,2-5,8H2,1H3,(H,25,26,27). The van der Waals surface area contributed by atoms with Crippen molar-refractivity contribution in [2.24, 2.45) is 23.7 Å². The largest absolute Gasteiger partial charge is 0.345 e. The molecule has 0 spiro atoms. The van der Waals surface area contributed by atoms with Gasteiger partial charge < -0.3 is 4.98 Å². The highest BCUT2D eigenvalue weighted by Gasteiger charge is 2.41. The molecule has 1 N–H and O–H groups in total. The first-order valence-electron chi connectivity index (χ1n) is 10.9. The van der Waals surface area contributed by atoms with Crippen LogP contribution in [0.25, 0.3) is 33.7 Å². The van der Waals surface area contributed by atoms with Gasteiger partial charge in [0.2, 0.25) is 0 Å². The molecule has 7 rings (SSSR count). The van der Waals surface area contributed by atoms with Crippen molar-refractivity contribution in [3.8, 4) is 22.6 Å². The van der Waals surface area contributed by atoms with Crippen LogP contribution in [-0.4, -0.2) is 24.9 Å². The molecular formula is C24H25N5S. The molecule has 2 unspecified atom stereocenters. The number of rotatable bonds is 4. The molecule has 2 atom stereocenters. The minimum absolute atomic E-state index is 0.738. The second-order valence-corrected chi connectivity index (χ2v) is 9.75. The Morgan fingerprint density at radius 1 is 1.13 bits per heavy atom. The summed E-state index contributed by atoms with van der Waals surface area (Å²) >= 11 is 1.71. The van der Waals surface area contributed by atoms with E-state index in [4.69, 9.17) is 9.97 Å². The van der Waals surface area contributed by atoms with Crippen LogP contribution in [0, 0.1) is 23.7 Å². The van der Waals surface area contributed by atoms with Crippen LogP contribution >= 0.6 is 11.3 Å². The second-order valence-electron chi connectivity index (χ2n) is 8.97. The van der Waals surface area contributed by atoms with Crippen molar-refractivity contribution >= 4 is 22.4 Å². The summed E-state index contributed by atoms with van der Waals surface area (Å²) in [7, 11) is 0. The highest BCUT2D eigenvalue weighted by molar-refractivity contribution is 7.08. The number of H-pyrrole nitrogens is 1. The van der Waals surface area contributed by atoms with E-state index in [-0.39, 0.29) is 0 Å². The maximum Gasteiger partial charge on any atom is 0.162 e. The van der Waals surface area contributed by atoms with Crippen molar-refractivity contribution in [3.63, 3.8) is 0 Å². The summed E-state index contributed by atoms with van der Waals surface area (Å²) in [5.41, 5.74) is 5.14. The van der Waals surface area contributed by atoms with E-state index in [1.807, 2.05) is 12.4 Å². The molecule has 0 aliphatic heterocycles. The molecule has 2 bridgehead atoms. The summed E-state index contributed by atoms with van der Waals surface area (Å²) in [6.45, 7) is 2.47. The summed E-state index contributed by atoms with van der Waals surface area (Å²) in [6.07, 6.45) is 12.1. The van der Waals surface area contributed by atoms with Gasteiger partial charge in [0.25, 0.3) is 0 Å². The first-order valence-corrected chi connectivity index (χ1v) is 11.9. The average Bonchev–Trinajstić information content (AvgIpc) is 3.47. The Labute approximate surface area is 180 Å². The molecule has 152 valence electrons. The molecule has 30 heavy (non-hydrogen) atoms. The van der Waals surface area contributed by atoms with E-state index in [1.54, 1.807) is 17.7 Å².